The summed E-state index contributed by atoms with van der Waals surface area (Å²) in [5.41, 5.74) is 33.8. The zero-order valence-corrected chi connectivity index (χ0v) is 57.0. The van der Waals surface area contributed by atoms with E-state index in [-0.39, 0.29) is 120 Å². The van der Waals surface area contributed by atoms with Gasteiger partial charge in [-0.2, -0.15) is 8.42 Å². The summed E-state index contributed by atoms with van der Waals surface area (Å²) >= 11 is 0. The van der Waals surface area contributed by atoms with Crippen LogP contribution < -0.4 is 33.2 Å². The van der Waals surface area contributed by atoms with Crippen LogP contribution in [0, 0.1) is 0 Å². The van der Waals surface area contributed by atoms with Crippen LogP contribution in [0.2, 0.25) is 0 Å². The third kappa shape index (κ3) is 22.1. The van der Waals surface area contributed by atoms with Gasteiger partial charge in [0.2, 0.25) is 35.4 Å². The van der Waals surface area contributed by atoms with Crippen LogP contribution in [0.1, 0.15) is 186 Å². The number of azide groups is 1. The van der Waals surface area contributed by atoms with E-state index >= 15 is 0 Å². The molecular formula is C71H101FN12O11S. The number of anilines is 3. The molecular weight excluding hydrogens is 1250 g/mol. The first-order chi connectivity index (χ1) is 46.4. The second kappa shape index (κ2) is 39.2. The maximum atomic E-state index is 14.6. The summed E-state index contributed by atoms with van der Waals surface area (Å²) < 4.78 is 53.3. The minimum Gasteiger partial charge on any atom is -0.377 e. The fourth-order valence-electron chi connectivity index (χ4n) is 13.3. The Morgan fingerprint density at radius 2 is 1.00 bits per heavy atom. The van der Waals surface area contributed by atoms with Gasteiger partial charge in [0.25, 0.3) is 0 Å². The number of benzene rings is 4. The Balaban J connectivity index is 0.964. The lowest BCUT2D eigenvalue weighted by Gasteiger charge is -2.51. The lowest BCUT2D eigenvalue weighted by atomic mass is 9.51. The number of hydrogen-bond donors (Lipinski definition) is 6. The second-order valence-electron chi connectivity index (χ2n) is 25.5. The molecule has 1 unspecified atom stereocenters. The van der Waals surface area contributed by atoms with Gasteiger partial charge in [-0.25, -0.2) is 0 Å². The molecule has 1 saturated heterocycles. The number of rotatable bonds is 45. The molecule has 2 atom stereocenters. The van der Waals surface area contributed by atoms with Crippen molar-refractivity contribution in [2.75, 3.05) is 109 Å². The van der Waals surface area contributed by atoms with E-state index in [1.165, 1.54) is 21.9 Å². The number of nitrogens with zero attached hydrogens (tertiary/aromatic N) is 6. The van der Waals surface area contributed by atoms with E-state index in [9.17, 15) is 41.1 Å². The quantitative estimate of drug-likeness (QED) is 0.00789. The van der Waals surface area contributed by atoms with Crippen molar-refractivity contribution in [2.24, 2.45) is 22.3 Å². The van der Waals surface area contributed by atoms with Crippen molar-refractivity contribution in [3.05, 3.63) is 128 Å². The topological polar surface area (TPSA) is 337 Å². The molecule has 4 aromatic carbocycles. The number of nitrogens with two attached hydrogens (primary N) is 3. The summed E-state index contributed by atoms with van der Waals surface area (Å²) in [6, 6.07) is 22.0. The molecule has 2 bridgehead atoms. The summed E-state index contributed by atoms with van der Waals surface area (Å²) in [5, 5.41) is 13.4. The zero-order valence-electron chi connectivity index (χ0n) is 56.2. The number of carbonyl (C=O) groups excluding carboxylic acids is 6. The molecule has 4 aromatic rings. The van der Waals surface area contributed by atoms with E-state index in [4.69, 9.17) is 36.9 Å². The number of nitrogens with one attached hydrogen (secondary N) is 3. The smallest absolute Gasteiger partial charge is 0.332 e. The van der Waals surface area contributed by atoms with Gasteiger partial charge < -0.3 is 62.1 Å². The molecule has 1 heterocycles. The van der Waals surface area contributed by atoms with Crippen molar-refractivity contribution in [1.82, 2.24) is 14.7 Å². The summed E-state index contributed by atoms with van der Waals surface area (Å²) in [5.74, 6) is -1.26. The Kier molecular flexibility index (Phi) is 31.0. The molecule has 9 N–H and O–H groups in total. The number of aryl methyl sites for hydroxylation is 1. The predicted octanol–water partition coefficient (Wildman–Crippen LogP) is 9.86. The Morgan fingerprint density at radius 1 is 0.583 bits per heavy atom. The van der Waals surface area contributed by atoms with Crippen LogP contribution in [0.3, 0.4) is 0 Å². The van der Waals surface area contributed by atoms with Crippen molar-refractivity contribution in [3.63, 3.8) is 0 Å². The maximum Gasteiger partial charge on any atom is 0.332 e. The first-order valence-electron chi connectivity index (χ1n) is 34.4. The van der Waals surface area contributed by atoms with Gasteiger partial charge in [0.1, 0.15) is 6.04 Å². The Morgan fingerprint density at radius 3 is 1.43 bits per heavy atom. The largest absolute Gasteiger partial charge is 0.377 e. The molecule has 6 amide bonds. The highest BCUT2D eigenvalue weighted by atomic mass is 32.3. The number of ether oxygens (including phenoxy) is 3. The normalized spacial score (nSPS) is 16.6. The van der Waals surface area contributed by atoms with Gasteiger partial charge in [0.15, 0.2) is 0 Å². The summed E-state index contributed by atoms with van der Waals surface area (Å²) in [7, 11) is -1.51. The average Bonchev–Trinajstić information content (AvgIpc) is 0.734. The van der Waals surface area contributed by atoms with Crippen molar-refractivity contribution in [2.45, 2.75) is 176 Å². The lowest BCUT2D eigenvalue weighted by Crippen LogP contribution is -2.47. The minimum atomic E-state index is -4.86. The molecule has 524 valence electrons. The molecule has 96 heavy (non-hydrogen) atoms. The number of hydrogen-bond acceptors (Lipinski definition) is 15. The van der Waals surface area contributed by atoms with Crippen molar-refractivity contribution < 1.29 is 55.3 Å². The standard InChI is InChI=1S/C71H101FN12O11S/c1-82(38-40-93-42-44-95-45-43-94-41-39-83(2)70(90)63-49-55(80-81-76)50-84(63)68(89)32-23-51-21-27-56(28-22-51)96(72,91)92)67(88)33-34-71-60-46-52(77-64(85)18-12-6-3-9-15-35-73)24-29-57(60)69(58-30-25-53(47-61(58)71)78-65(86)19-13-7-4-10-16-36-74)59-31-26-54(48-62(59)71)79-66(87)20-14-8-5-11-17-37-75/h21-22,24-31,46-48,55,63,69H,3-20,23,32-45,49-50,73-75H2,1-2H3,(H,77,85)(H,78,86)(H,79,87)/t55-,63?,69?,71?/m0/s1. The summed E-state index contributed by atoms with van der Waals surface area (Å²) in [6.07, 6.45) is 16.0. The van der Waals surface area contributed by atoms with Crippen LogP contribution >= 0.6 is 0 Å². The SMILES string of the molecule is CN(CCOCCOCCOCCN(C)C(=O)C1C[C@H](N=[N+]=[N-])CN1C(=O)CCc1ccc(S(=O)(=O)F)cc1)C(=O)CCC12c3cc(NC(=O)CCCCCCCN)ccc3C(c3ccc(NC(=O)CCCCCCCN)cc31)c1ccc(NC(=O)CCCCCCCN)cc12. The fourth-order valence-corrected chi connectivity index (χ4v) is 13.7. The van der Waals surface area contributed by atoms with Crippen LogP contribution in [0.4, 0.5) is 20.9 Å². The molecule has 0 radical (unpaired) electrons. The van der Waals surface area contributed by atoms with E-state index in [1.807, 2.05) is 18.2 Å². The first-order valence-corrected chi connectivity index (χ1v) is 35.8. The van der Waals surface area contributed by atoms with Crippen molar-refractivity contribution in [1.29, 1.82) is 0 Å². The molecule has 1 aliphatic heterocycles. The van der Waals surface area contributed by atoms with E-state index < -0.39 is 32.6 Å². The Labute approximate surface area is 565 Å². The molecule has 23 nitrogen and oxygen atoms in total. The van der Waals surface area contributed by atoms with Gasteiger partial charge in [-0.1, -0.05) is 93.2 Å². The summed E-state index contributed by atoms with van der Waals surface area (Å²) in [6.45, 7) is 3.96. The van der Waals surface area contributed by atoms with Crippen LogP contribution in [0.25, 0.3) is 10.4 Å². The van der Waals surface area contributed by atoms with Gasteiger partial charge >= 0.3 is 10.2 Å². The number of carbonyl (C=O) groups is 6. The highest BCUT2D eigenvalue weighted by Crippen LogP contribution is 2.62. The van der Waals surface area contributed by atoms with E-state index in [0.717, 1.165) is 142 Å². The van der Waals surface area contributed by atoms with Crippen molar-refractivity contribution in [3.8, 4) is 0 Å². The number of likely N-dealkylation sites (tertiary alicyclic amines) is 1. The lowest BCUT2D eigenvalue weighted by molar-refractivity contribution is -0.143. The number of amides is 6. The first kappa shape index (κ1) is 76.0. The van der Waals surface area contributed by atoms with E-state index in [0.29, 0.717) is 74.5 Å². The molecule has 3 aliphatic carbocycles. The van der Waals surface area contributed by atoms with Gasteiger partial charge in [-0.05, 0) is 170 Å². The number of unbranched alkanes of at least 4 members (excludes halogenated alkanes) is 12. The van der Waals surface area contributed by atoms with Gasteiger partial charge in [0.05, 0.1) is 50.6 Å². The highest BCUT2D eigenvalue weighted by molar-refractivity contribution is 7.86. The second-order valence-corrected chi connectivity index (χ2v) is 26.8. The fraction of sp³-hybridized carbons (Fsp3) is 0.577. The number of halogens is 1. The minimum absolute atomic E-state index is 0.0105. The molecule has 0 saturated carbocycles. The van der Waals surface area contributed by atoms with Crippen molar-refractivity contribution >= 4 is 62.7 Å². The zero-order chi connectivity index (χ0) is 68.9. The molecule has 8 rings (SSSR count). The predicted molar refractivity (Wildman–Crippen MR) is 369 cm³/mol. The maximum absolute atomic E-state index is 14.6. The van der Waals surface area contributed by atoms with E-state index in [1.54, 1.807) is 19.0 Å². The molecule has 0 aromatic heterocycles. The van der Waals surface area contributed by atoms with E-state index in [2.05, 4.69) is 62.4 Å². The Hall–Kier alpha value is -7.35. The summed E-state index contributed by atoms with van der Waals surface area (Å²) in [4.78, 5) is 89.4. The third-order valence-corrected chi connectivity index (χ3v) is 19.3. The number of likely N-dealkylation sites (N-methyl/N-ethyl adjacent to an activating group) is 2. The molecule has 25 heteroatoms. The van der Waals surface area contributed by atoms with Crippen LogP contribution in [0.15, 0.2) is 88.9 Å². The van der Waals surface area contributed by atoms with Crippen LogP contribution in [0.5, 0.6) is 0 Å². The Bertz CT molecular complexity index is 3190. The monoisotopic (exact) mass is 1350 g/mol. The van der Waals surface area contributed by atoms with Gasteiger partial charge in [0, 0.05) is 99.1 Å². The molecule has 1 fully saturated rings. The van der Waals surface area contributed by atoms with Crippen LogP contribution in [-0.2, 0) is 65.0 Å². The van der Waals surface area contributed by atoms with Crippen LogP contribution in [-0.4, -0.2) is 164 Å². The highest BCUT2D eigenvalue weighted by Gasteiger charge is 2.52. The third-order valence-electron chi connectivity index (χ3n) is 18.5. The van der Waals surface area contributed by atoms with Gasteiger partial charge in [-0.15, -0.1) is 3.89 Å². The van der Waals surface area contributed by atoms with Gasteiger partial charge in [-0.3, -0.25) is 28.8 Å². The average molecular weight is 1350 g/mol. The molecule has 0 spiro atoms. The molecule has 4 aliphatic rings.